The fourth-order valence-electron chi connectivity index (χ4n) is 0.296. The average molecular weight is 207 g/mol. The lowest BCUT2D eigenvalue weighted by atomic mass is 10.4. The van der Waals surface area contributed by atoms with Gasteiger partial charge in [0.15, 0.2) is 6.10 Å². The molecule has 0 heterocycles. The van der Waals surface area contributed by atoms with Crippen LogP contribution in [0.15, 0.2) is 0 Å². The number of carbonyl (C=O) groups excluding carboxylic acids is 1. The van der Waals surface area contributed by atoms with Gasteiger partial charge in [-0.05, 0) is 6.92 Å². The maximum Gasteiger partial charge on any atom is 0.344 e. The molecule has 7 heteroatoms. The molecule has 0 aliphatic rings. The number of hydrogen-bond donors (Lipinski definition) is 3. The third-order valence-corrected chi connectivity index (χ3v) is 0.823. The summed E-state index contributed by atoms with van der Waals surface area (Å²) >= 11 is 0. The van der Waals surface area contributed by atoms with Crippen molar-refractivity contribution in [1.82, 2.24) is 0 Å². The fraction of sp³-hybridized carbons (Fsp3) is 0.571. The molecule has 14 heavy (non-hydrogen) atoms. The first-order valence-electron chi connectivity index (χ1n) is 3.63. The third kappa shape index (κ3) is 13.0. The van der Waals surface area contributed by atoms with Gasteiger partial charge in [-0.1, -0.05) is 0 Å². The summed E-state index contributed by atoms with van der Waals surface area (Å²) in [4.78, 5) is 29.3. The highest BCUT2D eigenvalue weighted by atomic mass is 16.6. The van der Waals surface area contributed by atoms with Gasteiger partial charge in [0, 0.05) is 6.92 Å². The second-order valence-corrected chi connectivity index (χ2v) is 2.19. The molecule has 0 aliphatic carbocycles. The number of carboxylic acids is 2. The Balaban J connectivity index is 0. The zero-order valence-electron chi connectivity index (χ0n) is 7.89. The summed E-state index contributed by atoms with van der Waals surface area (Å²) in [5.41, 5.74) is 4.85. The summed E-state index contributed by atoms with van der Waals surface area (Å²) in [6.45, 7) is 2.05. The van der Waals surface area contributed by atoms with Crippen LogP contribution in [-0.4, -0.2) is 40.8 Å². The molecule has 0 amide bonds. The van der Waals surface area contributed by atoms with Gasteiger partial charge in [-0.2, -0.15) is 0 Å². The first kappa shape index (κ1) is 14.9. The zero-order chi connectivity index (χ0) is 11.7. The Labute approximate surface area is 80.5 Å². The zero-order valence-corrected chi connectivity index (χ0v) is 7.89. The van der Waals surface area contributed by atoms with Crippen LogP contribution in [0.3, 0.4) is 0 Å². The molecule has 0 saturated heterocycles. The van der Waals surface area contributed by atoms with Crippen molar-refractivity contribution in [3.63, 3.8) is 0 Å². The molecule has 0 rings (SSSR count). The largest absolute Gasteiger partial charge is 0.481 e. The van der Waals surface area contributed by atoms with Crippen LogP contribution >= 0.6 is 0 Å². The lowest BCUT2D eigenvalue weighted by Gasteiger charge is -2.05. The Morgan fingerprint density at radius 2 is 1.71 bits per heavy atom. The molecule has 0 radical (unpaired) electrons. The number of aliphatic carboxylic acids is 2. The summed E-state index contributed by atoms with van der Waals surface area (Å²) in [5, 5.41) is 15.6. The van der Waals surface area contributed by atoms with Gasteiger partial charge >= 0.3 is 11.9 Å². The fourth-order valence-corrected chi connectivity index (χ4v) is 0.296. The molecule has 0 spiro atoms. The molecule has 1 unspecified atom stereocenters. The van der Waals surface area contributed by atoms with Crippen LogP contribution in [0.4, 0.5) is 0 Å². The molecule has 82 valence electrons. The monoisotopic (exact) mass is 207 g/mol. The molecule has 7 nitrogen and oxygen atoms in total. The summed E-state index contributed by atoms with van der Waals surface area (Å²) < 4.78 is 4.30. The molecule has 0 aromatic carbocycles. The Hall–Kier alpha value is -1.63. The van der Waals surface area contributed by atoms with Gasteiger partial charge in [-0.3, -0.25) is 9.59 Å². The molecule has 0 aromatic rings. The van der Waals surface area contributed by atoms with E-state index in [0.29, 0.717) is 0 Å². The van der Waals surface area contributed by atoms with Gasteiger partial charge < -0.3 is 20.7 Å². The summed E-state index contributed by atoms with van der Waals surface area (Å²) in [5.74, 6) is -2.73. The van der Waals surface area contributed by atoms with E-state index in [4.69, 9.17) is 20.7 Å². The van der Waals surface area contributed by atoms with Gasteiger partial charge in [0.1, 0.15) is 0 Å². The summed E-state index contributed by atoms with van der Waals surface area (Å²) in [6, 6.07) is 0. The van der Waals surface area contributed by atoms with Crippen molar-refractivity contribution >= 4 is 17.9 Å². The highest BCUT2D eigenvalue weighted by molar-refractivity contribution is 5.78. The Kier molecular flexibility index (Phi) is 8.49. The van der Waals surface area contributed by atoms with E-state index in [2.05, 4.69) is 4.74 Å². The first-order valence-corrected chi connectivity index (χ1v) is 3.63. The number of carbonyl (C=O) groups is 3. The third-order valence-electron chi connectivity index (χ3n) is 0.823. The van der Waals surface area contributed by atoms with Crippen LogP contribution < -0.4 is 5.73 Å². The molecule has 0 saturated carbocycles. The van der Waals surface area contributed by atoms with Gasteiger partial charge in [0.05, 0.1) is 6.54 Å². The highest BCUT2D eigenvalue weighted by Crippen LogP contribution is 1.89. The standard InChI is InChI=1S/C5H9NO4.C2H4O2/c1-3(5(8)9)10-4(7)2-6;1-2(3)4/h3H,2,6H2,1H3,(H,8,9);1H3,(H,3,4). The van der Waals surface area contributed by atoms with Gasteiger partial charge in [0.2, 0.25) is 0 Å². The van der Waals surface area contributed by atoms with E-state index >= 15 is 0 Å². The minimum absolute atomic E-state index is 0.294. The quantitative estimate of drug-likeness (QED) is 0.509. The van der Waals surface area contributed by atoms with E-state index in [0.717, 1.165) is 6.92 Å². The van der Waals surface area contributed by atoms with Gasteiger partial charge in [0.25, 0.3) is 5.97 Å². The van der Waals surface area contributed by atoms with Crippen molar-refractivity contribution in [1.29, 1.82) is 0 Å². The molecule has 1 atom stereocenters. The van der Waals surface area contributed by atoms with Gasteiger partial charge in [-0.15, -0.1) is 0 Å². The number of hydrogen-bond acceptors (Lipinski definition) is 5. The smallest absolute Gasteiger partial charge is 0.344 e. The van der Waals surface area contributed by atoms with Gasteiger partial charge in [-0.25, -0.2) is 4.79 Å². The van der Waals surface area contributed by atoms with E-state index in [-0.39, 0.29) is 6.54 Å². The van der Waals surface area contributed by atoms with Crippen molar-refractivity contribution < 1.29 is 29.3 Å². The second kappa shape index (κ2) is 7.99. The Morgan fingerprint density at radius 1 is 1.36 bits per heavy atom. The molecule has 4 N–H and O–H groups in total. The van der Waals surface area contributed by atoms with E-state index in [1.807, 2.05) is 0 Å². The van der Waals surface area contributed by atoms with Crippen LogP contribution in [0.25, 0.3) is 0 Å². The minimum atomic E-state index is -1.18. The van der Waals surface area contributed by atoms with E-state index in [1.54, 1.807) is 0 Å². The van der Waals surface area contributed by atoms with Crippen molar-refractivity contribution in [3.8, 4) is 0 Å². The topological polar surface area (TPSA) is 127 Å². The van der Waals surface area contributed by atoms with Crippen molar-refractivity contribution in [3.05, 3.63) is 0 Å². The molecule has 0 aliphatic heterocycles. The first-order chi connectivity index (χ1) is 6.31. The van der Waals surface area contributed by atoms with Crippen molar-refractivity contribution in [2.45, 2.75) is 20.0 Å². The average Bonchev–Trinajstić information content (AvgIpc) is 2.02. The predicted octanol–water partition coefficient (Wildman–Crippen LogP) is -0.948. The van der Waals surface area contributed by atoms with E-state index in [9.17, 15) is 9.59 Å². The number of rotatable bonds is 3. The second-order valence-electron chi connectivity index (χ2n) is 2.19. The molecular weight excluding hydrogens is 194 g/mol. The van der Waals surface area contributed by atoms with Crippen LogP contribution in [-0.2, 0) is 19.1 Å². The number of carboxylic acid groups (broad SMARTS) is 2. The summed E-state index contributed by atoms with van der Waals surface area (Å²) in [7, 11) is 0. The van der Waals surface area contributed by atoms with Crippen molar-refractivity contribution in [2.24, 2.45) is 5.73 Å². The van der Waals surface area contributed by atoms with Crippen LogP contribution in [0.5, 0.6) is 0 Å². The highest BCUT2D eigenvalue weighted by Gasteiger charge is 2.14. The maximum absolute atomic E-state index is 10.3. The summed E-state index contributed by atoms with van der Waals surface area (Å²) in [6.07, 6.45) is -1.11. The minimum Gasteiger partial charge on any atom is -0.481 e. The number of nitrogens with two attached hydrogens (primary N) is 1. The van der Waals surface area contributed by atoms with Crippen LogP contribution in [0.1, 0.15) is 13.8 Å². The Bertz CT molecular complexity index is 210. The lowest BCUT2D eigenvalue weighted by Crippen LogP contribution is -2.27. The van der Waals surface area contributed by atoms with Crippen molar-refractivity contribution in [2.75, 3.05) is 6.54 Å². The lowest BCUT2D eigenvalue weighted by molar-refractivity contribution is -0.161. The molecular formula is C7H13NO6. The molecule has 0 aromatic heterocycles. The van der Waals surface area contributed by atoms with E-state index < -0.39 is 24.0 Å². The Morgan fingerprint density at radius 3 is 1.93 bits per heavy atom. The maximum atomic E-state index is 10.3. The number of ether oxygens (including phenoxy) is 1. The van der Waals surface area contributed by atoms with Crippen LogP contribution in [0.2, 0.25) is 0 Å². The normalized spacial score (nSPS) is 10.5. The van der Waals surface area contributed by atoms with E-state index in [1.165, 1.54) is 6.92 Å². The van der Waals surface area contributed by atoms with Crippen LogP contribution in [0, 0.1) is 0 Å². The number of esters is 1. The SMILES string of the molecule is CC(=O)O.CC(OC(=O)CN)C(=O)O. The predicted molar refractivity (Wildman–Crippen MR) is 45.6 cm³/mol. The molecule has 0 fully saturated rings. The molecule has 0 bridgehead atoms.